The third-order valence-electron chi connectivity index (χ3n) is 3.81. The molecule has 0 saturated heterocycles. The molecule has 0 unspecified atom stereocenters. The first-order valence-corrected chi connectivity index (χ1v) is 7.59. The topological polar surface area (TPSA) is 89.8 Å². The van der Waals surface area contributed by atoms with E-state index >= 15 is 0 Å². The van der Waals surface area contributed by atoms with Crippen LogP contribution < -0.4 is 5.32 Å². The lowest BCUT2D eigenvalue weighted by Crippen LogP contribution is -2.50. The van der Waals surface area contributed by atoms with Crippen molar-refractivity contribution in [1.29, 1.82) is 0 Å². The minimum absolute atomic E-state index is 0.204. The molecule has 2 rings (SSSR count). The van der Waals surface area contributed by atoms with Gasteiger partial charge in [0.2, 0.25) is 0 Å². The monoisotopic (exact) mass is 309 g/mol. The highest BCUT2D eigenvalue weighted by Crippen LogP contribution is 2.31. The maximum absolute atomic E-state index is 11.4. The Morgan fingerprint density at radius 2 is 1.95 bits per heavy atom. The van der Waals surface area contributed by atoms with Crippen LogP contribution in [0.15, 0.2) is 24.3 Å². The fourth-order valence-corrected chi connectivity index (χ4v) is 3.29. The molecule has 0 amide bonds. The first kappa shape index (κ1) is 15.9. The maximum atomic E-state index is 11.4. The van der Waals surface area contributed by atoms with Crippen molar-refractivity contribution in [2.75, 3.05) is 13.2 Å². The number of nitrogens with one attached hydrogen (secondary N) is 1. The zero-order valence-corrected chi connectivity index (χ0v) is 12.6. The van der Waals surface area contributed by atoms with Gasteiger partial charge in [0.25, 0.3) is 0 Å². The van der Waals surface area contributed by atoms with E-state index < -0.39 is 11.5 Å². The average Bonchev–Trinajstić information content (AvgIpc) is 2.88. The van der Waals surface area contributed by atoms with Gasteiger partial charge < -0.3 is 20.6 Å². The first-order chi connectivity index (χ1) is 10.1. The van der Waals surface area contributed by atoms with Crippen LogP contribution in [0, 0.1) is 0 Å². The van der Waals surface area contributed by atoms with Crippen molar-refractivity contribution in [2.45, 2.75) is 25.4 Å². The Morgan fingerprint density at radius 1 is 1.29 bits per heavy atom. The molecule has 4 N–H and O–H groups in total. The molecule has 0 aliphatic heterocycles. The molecule has 0 fully saturated rings. The van der Waals surface area contributed by atoms with Gasteiger partial charge in [-0.15, -0.1) is 11.3 Å². The van der Waals surface area contributed by atoms with Crippen LogP contribution in [0.5, 0.6) is 0 Å². The summed E-state index contributed by atoms with van der Waals surface area (Å²) < 4.78 is 0.918. The van der Waals surface area contributed by atoms with E-state index in [0.29, 0.717) is 23.4 Å². The number of fused-ring (bicyclic) bond motifs is 1. The van der Waals surface area contributed by atoms with Gasteiger partial charge in [0, 0.05) is 11.2 Å². The molecule has 0 spiro atoms. The zero-order chi connectivity index (χ0) is 15.5. The van der Waals surface area contributed by atoms with Crippen LogP contribution in [0.2, 0.25) is 0 Å². The molecule has 0 aliphatic rings. The summed E-state index contributed by atoms with van der Waals surface area (Å²) >= 11 is 1.24. The number of aliphatic hydroxyl groups is 2. The molecule has 5 nitrogen and oxygen atoms in total. The Hall–Kier alpha value is -1.47. The van der Waals surface area contributed by atoms with Gasteiger partial charge in [-0.25, -0.2) is 4.79 Å². The van der Waals surface area contributed by atoms with Gasteiger partial charge >= 0.3 is 5.97 Å². The lowest BCUT2D eigenvalue weighted by atomic mass is 9.97. The second kappa shape index (κ2) is 6.53. The molecule has 0 bridgehead atoms. The predicted molar refractivity (Wildman–Crippen MR) is 82.8 cm³/mol. The van der Waals surface area contributed by atoms with E-state index in [0.717, 1.165) is 10.1 Å². The summed E-state index contributed by atoms with van der Waals surface area (Å²) in [5, 5.41) is 32.3. The lowest BCUT2D eigenvalue weighted by Gasteiger charge is -2.30. The van der Waals surface area contributed by atoms with Gasteiger partial charge in [-0.1, -0.05) is 25.1 Å². The molecule has 0 atom stereocenters. The summed E-state index contributed by atoms with van der Waals surface area (Å²) in [7, 11) is 0. The maximum Gasteiger partial charge on any atom is 0.346 e. The van der Waals surface area contributed by atoms with E-state index in [9.17, 15) is 20.1 Å². The summed E-state index contributed by atoms with van der Waals surface area (Å²) in [4.78, 5) is 11.7. The molecule has 2 aromatic rings. The Bertz CT molecular complexity index is 625. The third kappa shape index (κ3) is 3.08. The van der Waals surface area contributed by atoms with Crippen LogP contribution in [0.3, 0.4) is 0 Å². The van der Waals surface area contributed by atoms with Gasteiger partial charge in [0.1, 0.15) is 4.88 Å². The van der Waals surface area contributed by atoms with Gasteiger partial charge in [0.05, 0.1) is 18.8 Å². The van der Waals surface area contributed by atoms with E-state index in [2.05, 4.69) is 5.32 Å². The fourth-order valence-electron chi connectivity index (χ4n) is 2.23. The smallest absolute Gasteiger partial charge is 0.346 e. The highest BCUT2D eigenvalue weighted by molar-refractivity contribution is 7.21. The van der Waals surface area contributed by atoms with Crippen molar-refractivity contribution in [1.82, 2.24) is 5.32 Å². The molecule has 1 aromatic carbocycles. The summed E-state index contributed by atoms with van der Waals surface area (Å²) in [5.41, 5.74) is -0.0958. The largest absolute Gasteiger partial charge is 0.477 e. The number of aromatic carboxylic acids is 1. The number of benzene rings is 1. The highest BCUT2D eigenvalue weighted by atomic mass is 32.1. The molecule has 114 valence electrons. The van der Waals surface area contributed by atoms with Crippen molar-refractivity contribution in [2.24, 2.45) is 0 Å². The van der Waals surface area contributed by atoms with Gasteiger partial charge in [-0.3, -0.25) is 0 Å². The van der Waals surface area contributed by atoms with Crippen LogP contribution in [-0.2, 0) is 6.54 Å². The quantitative estimate of drug-likeness (QED) is 0.626. The summed E-state index contributed by atoms with van der Waals surface area (Å²) in [6.07, 6.45) is 0.546. The third-order valence-corrected chi connectivity index (χ3v) is 5.02. The van der Waals surface area contributed by atoms with Crippen LogP contribution in [0.4, 0.5) is 0 Å². The summed E-state index contributed by atoms with van der Waals surface area (Å²) in [6.45, 7) is 1.75. The predicted octanol–water partition coefficient (Wildman–Crippen LogP) is 1.82. The fraction of sp³-hybridized carbons (Fsp3) is 0.400. The van der Waals surface area contributed by atoms with E-state index in [1.807, 2.05) is 31.2 Å². The first-order valence-electron chi connectivity index (χ1n) is 6.77. The van der Waals surface area contributed by atoms with E-state index in [1.54, 1.807) is 0 Å². The Labute approximate surface area is 126 Å². The Kier molecular flexibility index (Phi) is 4.95. The van der Waals surface area contributed by atoms with Gasteiger partial charge in [0.15, 0.2) is 0 Å². The molecular weight excluding hydrogens is 290 g/mol. The van der Waals surface area contributed by atoms with Gasteiger partial charge in [-0.2, -0.15) is 0 Å². The standard InChI is InChI=1S/C15H19NO4S/c1-2-15(8-17,9-18)16-7-11-10-5-3-4-6-12(10)21-13(11)14(19)20/h3-6,16-18H,2,7-9H2,1H3,(H,19,20). The van der Waals surface area contributed by atoms with Crippen LogP contribution in [-0.4, -0.2) is 40.0 Å². The Morgan fingerprint density at radius 3 is 2.52 bits per heavy atom. The molecule has 0 aliphatic carbocycles. The molecule has 6 heteroatoms. The van der Waals surface area contributed by atoms with Crippen molar-refractivity contribution in [3.8, 4) is 0 Å². The van der Waals surface area contributed by atoms with E-state index in [-0.39, 0.29) is 13.2 Å². The number of aliphatic hydroxyl groups excluding tert-OH is 2. The molecule has 1 heterocycles. The minimum Gasteiger partial charge on any atom is -0.477 e. The van der Waals surface area contributed by atoms with Crippen LogP contribution >= 0.6 is 11.3 Å². The van der Waals surface area contributed by atoms with Crippen LogP contribution in [0.1, 0.15) is 28.6 Å². The molecule has 21 heavy (non-hydrogen) atoms. The Balaban J connectivity index is 2.37. The van der Waals surface area contributed by atoms with E-state index in [4.69, 9.17) is 0 Å². The molecule has 1 aromatic heterocycles. The van der Waals surface area contributed by atoms with Crippen LogP contribution in [0.25, 0.3) is 10.1 Å². The van der Waals surface area contributed by atoms with E-state index in [1.165, 1.54) is 11.3 Å². The molecular formula is C15H19NO4S. The van der Waals surface area contributed by atoms with Crippen molar-refractivity contribution < 1.29 is 20.1 Å². The average molecular weight is 309 g/mol. The van der Waals surface area contributed by atoms with Crippen molar-refractivity contribution in [3.05, 3.63) is 34.7 Å². The SMILES string of the molecule is CCC(CO)(CO)NCc1c(C(=O)O)sc2ccccc12. The number of rotatable bonds is 7. The minimum atomic E-state index is -0.955. The summed E-state index contributed by atoms with van der Waals surface area (Å²) in [6, 6.07) is 7.52. The number of thiophene rings is 1. The number of carboxylic acid groups (broad SMARTS) is 1. The van der Waals surface area contributed by atoms with Crippen molar-refractivity contribution in [3.63, 3.8) is 0 Å². The second-order valence-corrected chi connectivity index (χ2v) is 6.07. The zero-order valence-electron chi connectivity index (χ0n) is 11.8. The van der Waals surface area contributed by atoms with Crippen molar-refractivity contribution >= 4 is 27.4 Å². The number of hydrogen-bond donors (Lipinski definition) is 4. The van der Waals surface area contributed by atoms with Gasteiger partial charge in [-0.05, 0) is 23.4 Å². The second-order valence-electron chi connectivity index (χ2n) is 5.01. The lowest BCUT2D eigenvalue weighted by molar-refractivity contribution is 0.0699. The number of hydrogen-bond acceptors (Lipinski definition) is 5. The normalized spacial score (nSPS) is 12.0. The molecule has 0 saturated carbocycles. The number of carboxylic acids is 1. The highest BCUT2D eigenvalue weighted by Gasteiger charge is 2.27. The summed E-state index contributed by atoms with van der Waals surface area (Å²) in [5.74, 6) is -0.955. The number of carbonyl (C=O) groups is 1. The molecule has 0 radical (unpaired) electrons.